The van der Waals surface area contributed by atoms with E-state index in [0.717, 1.165) is 17.9 Å². The van der Waals surface area contributed by atoms with E-state index in [1.807, 2.05) is 11.8 Å². The lowest BCUT2D eigenvalue weighted by Crippen LogP contribution is -1.85. The van der Waals surface area contributed by atoms with Crippen molar-refractivity contribution < 1.29 is 0 Å². The molecule has 0 aromatic carbocycles. The molecule has 0 bridgehead atoms. The van der Waals surface area contributed by atoms with Crippen LogP contribution in [0.2, 0.25) is 0 Å². The zero-order valence-corrected chi connectivity index (χ0v) is 9.86. The van der Waals surface area contributed by atoms with Crippen LogP contribution in [-0.2, 0) is 17.9 Å². The Kier molecular flexibility index (Phi) is 4.46. The quantitative estimate of drug-likeness (QED) is 0.782. The van der Waals surface area contributed by atoms with Gasteiger partial charge in [-0.2, -0.15) is 24.4 Å². The van der Waals surface area contributed by atoms with Gasteiger partial charge >= 0.3 is 0 Å². The number of nitrogens with zero attached hydrogens (tertiary/aromatic N) is 1. The van der Waals surface area contributed by atoms with Gasteiger partial charge in [0.05, 0.1) is 5.69 Å². The number of hydrogen-bond acceptors (Lipinski definition) is 4. The average Bonchev–Trinajstić information content (AvgIpc) is 2.48. The SMILES string of the molecule is CCc1nc(CSC)sc1CS. The second-order valence-corrected chi connectivity index (χ2v) is 4.77. The number of hydrogen-bond donors (Lipinski definition) is 1. The molecule has 12 heavy (non-hydrogen) atoms. The summed E-state index contributed by atoms with van der Waals surface area (Å²) in [5, 5.41) is 1.24. The lowest BCUT2D eigenvalue weighted by molar-refractivity contribution is 1.02. The van der Waals surface area contributed by atoms with Gasteiger partial charge in [0, 0.05) is 16.4 Å². The van der Waals surface area contributed by atoms with Crippen LogP contribution in [0.1, 0.15) is 22.5 Å². The Balaban J connectivity index is 2.81. The van der Waals surface area contributed by atoms with E-state index in [0.29, 0.717) is 0 Å². The summed E-state index contributed by atoms with van der Waals surface area (Å²) in [7, 11) is 0. The number of rotatable bonds is 4. The molecule has 4 heteroatoms. The number of aromatic nitrogens is 1. The lowest BCUT2D eigenvalue weighted by Gasteiger charge is -1.90. The molecule has 1 aromatic rings. The van der Waals surface area contributed by atoms with Crippen LogP contribution in [0.5, 0.6) is 0 Å². The minimum atomic E-state index is 0.829. The lowest BCUT2D eigenvalue weighted by atomic mass is 10.3. The molecule has 1 heterocycles. The largest absolute Gasteiger partial charge is 0.245 e. The zero-order valence-electron chi connectivity index (χ0n) is 7.33. The third kappa shape index (κ3) is 2.41. The molecule has 0 unspecified atom stereocenters. The van der Waals surface area contributed by atoms with E-state index in [9.17, 15) is 0 Å². The maximum Gasteiger partial charge on any atom is 0.103 e. The van der Waals surface area contributed by atoms with Gasteiger partial charge in [0.15, 0.2) is 0 Å². The molecular weight excluding hydrogens is 206 g/mol. The first kappa shape index (κ1) is 10.4. The number of thioether (sulfide) groups is 1. The number of aryl methyl sites for hydroxylation is 1. The molecule has 0 spiro atoms. The van der Waals surface area contributed by atoms with Crippen LogP contribution in [-0.4, -0.2) is 11.2 Å². The molecule has 0 saturated heterocycles. The highest BCUT2D eigenvalue weighted by Gasteiger charge is 2.06. The maximum absolute atomic E-state index is 4.54. The summed E-state index contributed by atoms with van der Waals surface area (Å²) in [6, 6.07) is 0. The average molecular weight is 219 g/mol. The van der Waals surface area contributed by atoms with E-state index in [-0.39, 0.29) is 0 Å². The highest BCUT2D eigenvalue weighted by molar-refractivity contribution is 7.97. The van der Waals surface area contributed by atoms with Gasteiger partial charge < -0.3 is 0 Å². The van der Waals surface area contributed by atoms with Gasteiger partial charge in [0.2, 0.25) is 0 Å². The van der Waals surface area contributed by atoms with Crippen molar-refractivity contribution in [3.63, 3.8) is 0 Å². The third-order valence-corrected chi connectivity index (χ3v) is 3.94. The fraction of sp³-hybridized carbons (Fsp3) is 0.625. The molecule has 1 aromatic heterocycles. The minimum Gasteiger partial charge on any atom is -0.245 e. The molecule has 1 rings (SSSR count). The summed E-state index contributed by atoms with van der Waals surface area (Å²) in [5.74, 6) is 1.86. The van der Waals surface area contributed by atoms with Crippen molar-refractivity contribution in [2.75, 3.05) is 6.26 Å². The van der Waals surface area contributed by atoms with Gasteiger partial charge in [0.1, 0.15) is 5.01 Å². The van der Waals surface area contributed by atoms with Crippen molar-refractivity contribution in [1.82, 2.24) is 4.98 Å². The Morgan fingerprint density at radius 3 is 2.75 bits per heavy atom. The van der Waals surface area contributed by atoms with Gasteiger partial charge in [-0.05, 0) is 12.7 Å². The number of thiazole rings is 1. The van der Waals surface area contributed by atoms with Crippen LogP contribution in [0.3, 0.4) is 0 Å². The van der Waals surface area contributed by atoms with Gasteiger partial charge in [-0.3, -0.25) is 0 Å². The van der Waals surface area contributed by atoms with E-state index >= 15 is 0 Å². The molecule has 0 aliphatic carbocycles. The number of thiol groups is 1. The van der Waals surface area contributed by atoms with Crippen LogP contribution in [0.4, 0.5) is 0 Å². The second-order valence-electron chi connectivity index (χ2n) is 2.42. The van der Waals surface area contributed by atoms with Gasteiger partial charge in [0.25, 0.3) is 0 Å². The van der Waals surface area contributed by atoms with Crippen LogP contribution < -0.4 is 0 Å². The zero-order chi connectivity index (χ0) is 8.97. The normalized spacial score (nSPS) is 10.6. The second kappa shape index (κ2) is 5.14. The predicted molar refractivity (Wildman–Crippen MR) is 61.4 cm³/mol. The highest BCUT2D eigenvalue weighted by atomic mass is 32.2. The Labute approximate surface area is 87.4 Å². The minimum absolute atomic E-state index is 0.829. The summed E-state index contributed by atoms with van der Waals surface area (Å²) >= 11 is 7.90. The van der Waals surface area contributed by atoms with E-state index < -0.39 is 0 Å². The third-order valence-electron chi connectivity index (χ3n) is 1.57. The van der Waals surface area contributed by atoms with Crippen molar-refractivity contribution in [3.05, 3.63) is 15.6 Å². The topological polar surface area (TPSA) is 12.9 Å². The van der Waals surface area contributed by atoms with Crippen LogP contribution >= 0.6 is 35.7 Å². The fourth-order valence-electron chi connectivity index (χ4n) is 1.02. The van der Waals surface area contributed by atoms with E-state index in [2.05, 4.69) is 30.8 Å². The molecule has 0 radical (unpaired) electrons. The van der Waals surface area contributed by atoms with Gasteiger partial charge in [-0.25, -0.2) is 4.98 Å². The van der Waals surface area contributed by atoms with Crippen LogP contribution in [0.15, 0.2) is 0 Å². The Bertz CT molecular complexity index is 223. The first-order chi connectivity index (χ1) is 5.81. The summed E-state index contributed by atoms with van der Waals surface area (Å²) in [4.78, 5) is 5.88. The fourth-order valence-corrected chi connectivity index (χ4v) is 3.11. The van der Waals surface area contributed by atoms with Gasteiger partial charge in [-0.15, -0.1) is 11.3 Å². The molecule has 0 N–H and O–H groups in total. The monoisotopic (exact) mass is 219 g/mol. The summed E-state index contributed by atoms with van der Waals surface area (Å²) < 4.78 is 0. The Hall–Kier alpha value is 0.330. The van der Waals surface area contributed by atoms with Crippen molar-refractivity contribution in [1.29, 1.82) is 0 Å². The van der Waals surface area contributed by atoms with Crippen molar-refractivity contribution >= 4 is 35.7 Å². The summed E-state index contributed by atoms with van der Waals surface area (Å²) in [5.41, 5.74) is 1.24. The van der Waals surface area contributed by atoms with E-state index in [4.69, 9.17) is 0 Å². The maximum atomic E-state index is 4.54. The first-order valence-electron chi connectivity index (χ1n) is 3.89. The van der Waals surface area contributed by atoms with Crippen molar-refractivity contribution in [2.24, 2.45) is 0 Å². The first-order valence-corrected chi connectivity index (χ1v) is 6.73. The molecule has 1 nitrogen and oxygen atoms in total. The molecule has 68 valence electrons. The van der Waals surface area contributed by atoms with Gasteiger partial charge in [-0.1, -0.05) is 6.92 Å². The molecule has 0 aliphatic heterocycles. The van der Waals surface area contributed by atoms with Crippen LogP contribution in [0.25, 0.3) is 0 Å². The molecule has 0 amide bonds. The Morgan fingerprint density at radius 2 is 2.33 bits per heavy atom. The van der Waals surface area contributed by atoms with E-state index in [1.54, 1.807) is 11.3 Å². The predicted octanol–water partition coefficient (Wildman–Crippen LogP) is 3.00. The molecular formula is C8H13NS3. The molecule has 0 fully saturated rings. The molecule has 0 saturated carbocycles. The van der Waals surface area contributed by atoms with Crippen LogP contribution in [0, 0.1) is 0 Å². The highest BCUT2D eigenvalue weighted by Crippen LogP contribution is 2.23. The standard InChI is InChI=1S/C8H13NS3/c1-3-6-7(4-10)12-8(9-6)5-11-2/h10H,3-5H2,1-2H3. The van der Waals surface area contributed by atoms with Crippen molar-refractivity contribution in [3.8, 4) is 0 Å². The summed E-state index contributed by atoms with van der Waals surface area (Å²) in [6.07, 6.45) is 3.13. The van der Waals surface area contributed by atoms with E-state index in [1.165, 1.54) is 15.6 Å². The summed E-state index contributed by atoms with van der Waals surface area (Å²) in [6.45, 7) is 2.14. The Morgan fingerprint density at radius 1 is 1.58 bits per heavy atom. The van der Waals surface area contributed by atoms with Crippen molar-refractivity contribution in [2.45, 2.75) is 24.9 Å². The smallest absolute Gasteiger partial charge is 0.103 e. The molecule has 0 atom stereocenters. The molecule has 0 aliphatic rings.